The van der Waals surface area contributed by atoms with Crippen LogP contribution < -0.4 is 15.4 Å². The third-order valence-electron chi connectivity index (χ3n) is 9.63. The number of amides is 1. The number of nitrogen functional groups attached to an aromatic ring is 1. The molecule has 1 aliphatic carbocycles. The first kappa shape index (κ1) is 50.4. The number of nitrogens with two attached hydrogens (primary N) is 1. The SMILES string of the molecule is COc1ccccc1N(C(=O)c1ccccc1)c1cn(C2CCC(N3CCN(C)CC3)CC2)c2ncnc(N)c12.O=C(O)/C=C\C(=O)O.O=C(O)/C=C\C(=O)O.O=C(O)/C=C\C(=O)O. The maximum Gasteiger partial charge on any atom is 0.328 e. The molecule has 2 aromatic heterocycles. The predicted molar refractivity (Wildman–Crippen MR) is 231 cm³/mol. The average molecular weight is 888 g/mol. The zero-order valence-electron chi connectivity index (χ0n) is 34.8. The molecule has 21 heteroatoms. The number of hydrogen-bond acceptors (Lipinski definition) is 13. The molecule has 1 saturated heterocycles. The molecule has 2 aromatic carbocycles. The van der Waals surface area contributed by atoms with Crippen molar-refractivity contribution in [1.82, 2.24) is 24.3 Å². The van der Waals surface area contributed by atoms with Gasteiger partial charge >= 0.3 is 35.8 Å². The third kappa shape index (κ3) is 15.8. The lowest BCUT2D eigenvalue weighted by molar-refractivity contribution is -0.134. The molecule has 340 valence electrons. The van der Waals surface area contributed by atoms with Crippen molar-refractivity contribution < 1.29 is 68.9 Å². The van der Waals surface area contributed by atoms with Crippen LogP contribution in [0.2, 0.25) is 0 Å². The summed E-state index contributed by atoms with van der Waals surface area (Å²) >= 11 is 0. The summed E-state index contributed by atoms with van der Waals surface area (Å²) in [4.78, 5) is 87.3. The Labute approximate surface area is 366 Å². The van der Waals surface area contributed by atoms with Crippen LogP contribution in [0.5, 0.6) is 5.75 Å². The van der Waals surface area contributed by atoms with Crippen LogP contribution in [0.1, 0.15) is 42.1 Å². The van der Waals surface area contributed by atoms with Gasteiger partial charge in [-0.3, -0.25) is 14.6 Å². The maximum atomic E-state index is 14.2. The summed E-state index contributed by atoms with van der Waals surface area (Å²) in [5.74, 6) is -6.77. The summed E-state index contributed by atoms with van der Waals surface area (Å²) in [5.41, 5.74) is 9.13. The topological polar surface area (TPSA) is 317 Å². The van der Waals surface area contributed by atoms with E-state index in [1.165, 1.54) is 6.33 Å². The second-order valence-corrected chi connectivity index (χ2v) is 13.9. The first-order chi connectivity index (χ1) is 30.4. The number of hydrogen-bond donors (Lipinski definition) is 7. The van der Waals surface area contributed by atoms with Gasteiger partial charge < -0.3 is 50.6 Å². The Balaban J connectivity index is 0.000000371. The summed E-state index contributed by atoms with van der Waals surface area (Å²) in [6.07, 6.45) is 11.3. The number of carboxylic acid groups (broad SMARTS) is 6. The minimum Gasteiger partial charge on any atom is -0.495 e. The first-order valence-electron chi connectivity index (χ1n) is 19.4. The molecule has 1 saturated carbocycles. The molecule has 1 amide bonds. The molecule has 2 fully saturated rings. The zero-order chi connectivity index (χ0) is 47.3. The molecule has 0 spiro atoms. The number of nitrogens with zero attached hydrogens (tertiary/aromatic N) is 6. The molecule has 0 unspecified atom stereocenters. The van der Waals surface area contributed by atoms with E-state index in [0.717, 1.165) is 57.5 Å². The van der Waals surface area contributed by atoms with E-state index in [9.17, 15) is 33.6 Å². The van der Waals surface area contributed by atoms with E-state index in [1.54, 1.807) is 12.0 Å². The van der Waals surface area contributed by atoms with Crippen molar-refractivity contribution in [3.63, 3.8) is 0 Å². The number of fused-ring (bicyclic) bond motifs is 1. The van der Waals surface area contributed by atoms with Crippen molar-refractivity contribution in [1.29, 1.82) is 0 Å². The van der Waals surface area contributed by atoms with E-state index >= 15 is 0 Å². The lowest BCUT2D eigenvalue weighted by atomic mass is 9.89. The number of ether oxygens (including phenoxy) is 1. The molecule has 6 rings (SSSR count). The van der Waals surface area contributed by atoms with Crippen molar-refractivity contribution in [2.75, 3.05) is 51.0 Å². The number of carbonyl (C=O) groups excluding carboxylic acids is 1. The van der Waals surface area contributed by atoms with Gasteiger partial charge in [0.15, 0.2) is 0 Å². The van der Waals surface area contributed by atoms with Crippen LogP contribution in [-0.4, -0.2) is 143 Å². The fourth-order valence-corrected chi connectivity index (χ4v) is 6.73. The standard InChI is InChI=1S/C31H37N7O2.3C4H4O4/c1-35-16-18-36(19-17-35)23-12-14-24(15-13-23)37-20-26(28-29(32)33-21-34-30(28)37)38(25-10-6-7-11-27(25)40-2)31(39)22-8-4-3-5-9-22;3*5-3(6)1-2-4(7)8/h3-11,20-21,23-24H,12-19H2,1-2H3,(H2,32,33,34);3*1-2H,(H,5,6)(H,7,8)/b;3*2-1-. The highest BCUT2D eigenvalue weighted by Gasteiger charge is 2.32. The van der Waals surface area contributed by atoms with Gasteiger partial charge in [0, 0.05) is 86.5 Å². The number of para-hydroxylation sites is 2. The molecule has 0 radical (unpaired) electrons. The Morgan fingerprint density at radius 1 is 0.641 bits per heavy atom. The van der Waals surface area contributed by atoms with Gasteiger partial charge in [0.25, 0.3) is 5.91 Å². The van der Waals surface area contributed by atoms with Crippen LogP contribution in [0.25, 0.3) is 11.0 Å². The number of aliphatic carboxylic acids is 6. The molecule has 3 heterocycles. The van der Waals surface area contributed by atoms with Crippen molar-refractivity contribution >= 4 is 69.9 Å². The van der Waals surface area contributed by atoms with Crippen LogP contribution in [-0.2, 0) is 28.8 Å². The van der Waals surface area contributed by atoms with Crippen molar-refractivity contribution in [2.45, 2.75) is 37.8 Å². The fourth-order valence-electron chi connectivity index (χ4n) is 6.73. The largest absolute Gasteiger partial charge is 0.495 e. The maximum absolute atomic E-state index is 14.2. The summed E-state index contributed by atoms with van der Waals surface area (Å²) < 4.78 is 7.93. The highest BCUT2D eigenvalue weighted by atomic mass is 16.5. The Kier molecular flexibility index (Phi) is 19.8. The molecule has 2 aliphatic rings. The highest BCUT2D eigenvalue weighted by molar-refractivity contribution is 6.17. The lowest BCUT2D eigenvalue weighted by Gasteiger charge is -2.41. The second kappa shape index (κ2) is 25.1. The number of rotatable bonds is 12. The first-order valence-corrected chi connectivity index (χ1v) is 19.4. The average Bonchev–Trinajstić information content (AvgIpc) is 3.66. The minimum atomic E-state index is -1.26. The third-order valence-corrected chi connectivity index (χ3v) is 9.63. The summed E-state index contributed by atoms with van der Waals surface area (Å²) in [7, 11) is 3.82. The molecule has 64 heavy (non-hydrogen) atoms. The summed E-state index contributed by atoms with van der Waals surface area (Å²) in [5, 5.41) is 47.6. The van der Waals surface area contributed by atoms with Gasteiger partial charge in [0.2, 0.25) is 0 Å². The van der Waals surface area contributed by atoms with Crippen LogP contribution in [0, 0.1) is 0 Å². The van der Waals surface area contributed by atoms with Crippen LogP contribution in [0.15, 0.2) is 104 Å². The molecule has 0 atom stereocenters. The highest BCUT2D eigenvalue weighted by Crippen LogP contribution is 2.43. The minimum absolute atomic E-state index is 0.175. The molecule has 8 N–H and O–H groups in total. The van der Waals surface area contributed by atoms with Crippen LogP contribution in [0.4, 0.5) is 17.2 Å². The van der Waals surface area contributed by atoms with E-state index in [-0.39, 0.29) is 11.9 Å². The van der Waals surface area contributed by atoms with Gasteiger partial charge in [0.05, 0.1) is 23.9 Å². The van der Waals surface area contributed by atoms with Gasteiger partial charge in [-0.15, -0.1) is 0 Å². The van der Waals surface area contributed by atoms with Gasteiger partial charge in [0.1, 0.15) is 23.5 Å². The molecule has 0 bridgehead atoms. The molecule has 4 aromatic rings. The molecule has 1 aliphatic heterocycles. The van der Waals surface area contributed by atoms with E-state index in [0.29, 0.717) is 76.4 Å². The Morgan fingerprint density at radius 3 is 1.56 bits per heavy atom. The van der Waals surface area contributed by atoms with Crippen LogP contribution in [0.3, 0.4) is 0 Å². The van der Waals surface area contributed by atoms with E-state index < -0.39 is 35.8 Å². The smallest absolute Gasteiger partial charge is 0.328 e. The van der Waals surface area contributed by atoms with Gasteiger partial charge in [-0.2, -0.15) is 0 Å². The van der Waals surface area contributed by atoms with Crippen molar-refractivity contribution in [3.8, 4) is 5.75 Å². The predicted octanol–water partition coefficient (Wildman–Crippen LogP) is 3.87. The Bertz CT molecular complexity index is 2220. The van der Waals surface area contributed by atoms with Crippen molar-refractivity contribution in [2.24, 2.45) is 0 Å². The van der Waals surface area contributed by atoms with Gasteiger partial charge in [-0.25, -0.2) is 38.7 Å². The molecular weight excluding hydrogens is 839 g/mol. The number of anilines is 3. The number of methoxy groups -OCH3 is 1. The van der Waals surface area contributed by atoms with E-state index in [1.807, 2.05) is 60.8 Å². The second-order valence-electron chi connectivity index (χ2n) is 13.9. The lowest BCUT2D eigenvalue weighted by Crippen LogP contribution is -2.49. The number of piperazine rings is 1. The number of carbonyl (C=O) groups is 7. The zero-order valence-corrected chi connectivity index (χ0v) is 34.8. The van der Waals surface area contributed by atoms with Gasteiger partial charge in [-0.1, -0.05) is 30.3 Å². The quantitative estimate of drug-likeness (QED) is 0.0993. The summed E-state index contributed by atoms with van der Waals surface area (Å²) in [6, 6.07) is 17.7. The number of likely N-dealkylation sites (N-methyl/N-ethyl adjacent to an activating group) is 1. The van der Waals surface area contributed by atoms with Crippen LogP contribution >= 0.6 is 0 Å². The van der Waals surface area contributed by atoms with Crippen molar-refractivity contribution in [3.05, 3.63) is 109 Å². The molecule has 21 nitrogen and oxygen atoms in total. The fraction of sp³-hybridized carbons (Fsp3) is 0.279. The monoisotopic (exact) mass is 887 g/mol. The number of aromatic nitrogens is 3. The van der Waals surface area contributed by atoms with Gasteiger partial charge in [-0.05, 0) is 57.0 Å². The van der Waals surface area contributed by atoms with E-state index in [4.69, 9.17) is 46.1 Å². The Morgan fingerprint density at radius 2 is 1.09 bits per heavy atom. The Hall–Kier alpha value is -7.91. The summed E-state index contributed by atoms with van der Waals surface area (Å²) in [6.45, 7) is 4.55. The number of benzene rings is 2. The number of carboxylic acids is 6. The normalized spacial score (nSPS) is 16.3. The van der Waals surface area contributed by atoms with E-state index in [2.05, 4.69) is 26.4 Å². The molecular formula is C43H49N7O14.